The van der Waals surface area contributed by atoms with Crippen LogP contribution in [0.1, 0.15) is 13.8 Å². The fourth-order valence-corrected chi connectivity index (χ4v) is 1.44. The lowest BCUT2D eigenvalue weighted by atomic mass is 10.4. The normalized spacial score (nSPS) is 10.4. The van der Waals surface area contributed by atoms with Crippen molar-refractivity contribution in [3.63, 3.8) is 0 Å². The quantitative estimate of drug-likeness (QED) is 0.677. The van der Waals surface area contributed by atoms with Crippen molar-refractivity contribution >= 4 is 11.8 Å². The predicted molar refractivity (Wildman–Crippen MR) is 69.7 cm³/mol. The molecule has 1 rings (SSSR count). The van der Waals surface area contributed by atoms with Crippen LogP contribution in [0.5, 0.6) is 0 Å². The predicted octanol–water partition coefficient (Wildman–Crippen LogP) is 0.233. The molecule has 100 valence electrons. The molecule has 2 amide bonds. The van der Waals surface area contributed by atoms with E-state index in [1.165, 1.54) is 12.1 Å². The van der Waals surface area contributed by atoms with Gasteiger partial charge in [-0.25, -0.2) is 9.89 Å². The van der Waals surface area contributed by atoms with Gasteiger partial charge in [0, 0.05) is 19.2 Å². The second-order valence-electron chi connectivity index (χ2n) is 3.71. The van der Waals surface area contributed by atoms with Crippen LogP contribution in [0.15, 0.2) is 16.9 Å². The molecular weight excluding hydrogens is 234 g/mol. The Balaban J connectivity index is 2.29. The first-order chi connectivity index (χ1) is 8.65. The number of nitrogens with one attached hydrogen (secondary N) is 3. The number of carbonyl (C=O) groups excluding carboxylic acids is 1. The molecule has 7 heteroatoms. The van der Waals surface area contributed by atoms with Crippen LogP contribution < -0.4 is 16.2 Å². The van der Waals surface area contributed by atoms with E-state index < -0.39 is 0 Å². The van der Waals surface area contributed by atoms with Gasteiger partial charge in [0.2, 0.25) is 0 Å². The average Bonchev–Trinajstić information content (AvgIpc) is 2.37. The van der Waals surface area contributed by atoms with Crippen LogP contribution in [-0.4, -0.2) is 47.3 Å². The largest absolute Gasteiger partial charge is 0.337 e. The first-order valence-corrected chi connectivity index (χ1v) is 5.98. The fourth-order valence-electron chi connectivity index (χ4n) is 1.44. The molecule has 0 saturated carbocycles. The summed E-state index contributed by atoms with van der Waals surface area (Å²) < 4.78 is 0. The second-order valence-corrected chi connectivity index (χ2v) is 3.71. The highest BCUT2D eigenvalue weighted by Crippen LogP contribution is 1.94. The molecule has 1 aromatic rings. The van der Waals surface area contributed by atoms with Gasteiger partial charge in [0.05, 0.1) is 0 Å². The first-order valence-electron chi connectivity index (χ1n) is 5.98. The summed E-state index contributed by atoms with van der Waals surface area (Å²) in [5.74, 6) is 0.315. The number of likely N-dealkylation sites (N-methyl/N-ethyl adjacent to an activating group) is 1. The summed E-state index contributed by atoms with van der Waals surface area (Å²) in [4.78, 5) is 24.5. The molecule has 0 fully saturated rings. The van der Waals surface area contributed by atoms with Gasteiger partial charge in [0.15, 0.2) is 5.82 Å². The molecule has 1 heterocycles. The van der Waals surface area contributed by atoms with Crippen molar-refractivity contribution in [1.82, 2.24) is 20.4 Å². The van der Waals surface area contributed by atoms with E-state index in [-0.39, 0.29) is 11.6 Å². The van der Waals surface area contributed by atoms with Crippen molar-refractivity contribution in [2.45, 2.75) is 13.8 Å². The van der Waals surface area contributed by atoms with Gasteiger partial charge in [-0.1, -0.05) is 13.8 Å². The Kier molecular flexibility index (Phi) is 5.86. The lowest BCUT2D eigenvalue weighted by Gasteiger charge is -2.17. The molecule has 18 heavy (non-hydrogen) atoms. The van der Waals surface area contributed by atoms with Gasteiger partial charge in [0.25, 0.3) is 5.56 Å². The molecule has 0 atom stereocenters. The first kappa shape index (κ1) is 14.2. The highest BCUT2D eigenvalue weighted by molar-refractivity contribution is 5.87. The molecule has 0 bridgehead atoms. The van der Waals surface area contributed by atoms with Crippen molar-refractivity contribution in [1.29, 1.82) is 0 Å². The smallest absolute Gasteiger partial charge is 0.320 e. The molecule has 0 spiro atoms. The number of amides is 2. The maximum absolute atomic E-state index is 11.5. The number of hydrogen-bond donors (Lipinski definition) is 3. The van der Waals surface area contributed by atoms with Crippen molar-refractivity contribution in [3.8, 4) is 0 Å². The minimum absolute atomic E-state index is 0.303. The highest BCUT2D eigenvalue weighted by Gasteiger charge is 2.03. The molecule has 0 radical (unpaired) electrons. The molecular formula is C11H19N5O2. The maximum Gasteiger partial charge on any atom is 0.320 e. The lowest BCUT2D eigenvalue weighted by molar-refractivity contribution is 0.247. The summed E-state index contributed by atoms with van der Waals surface area (Å²) in [6.45, 7) is 7.44. The Labute approximate surface area is 106 Å². The minimum Gasteiger partial charge on any atom is -0.337 e. The molecule has 0 aromatic carbocycles. The van der Waals surface area contributed by atoms with E-state index in [1.54, 1.807) is 0 Å². The van der Waals surface area contributed by atoms with E-state index in [2.05, 4.69) is 39.6 Å². The van der Waals surface area contributed by atoms with Gasteiger partial charge in [0.1, 0.15) is 0 Å². The second kappa shape index (κ2) is 7.44. The van der Waals surface area contributed by atoms with Crippen molar-refractivity contribution in [2.75, 3.05) is 31.5 Å². The van der Waals surface area contributed by atoms with E-state index in [1.807, 2.05) is 0 Å². The summed E-state index contributed by atoms with van der Waals surface area (Å²) in [7, 11) is 0. The molecule has 0 saturated heterocycles. The molecule has 0 aliphatic carbocycles. The van der Waals surface area contributed by atoms with Crippen LogP contribution in [-0.2, 0) is 0 Å². The third-order valence-electron chi connectivity index (χ3n) is 2.53. The zero-order valence-electron chi connectivity index (χ0n) is 10.7. The Morgan fingerprint density at radius 2 is 2.11 bits per heavy atom. The molecule has 0 aliphatic heterocycles. The average molecular weight is 253 g/mol. The number of H-pyrrole nitrogens is 1. The van der Waals surface area contributed by atoms with Crippen LogP contribution in [0.2, 0.25) is 0 Å². The molecule has 1 aromatic heterocycles. The van der Waals surface area contributed by atoms with Crippen molar-refractivity contribution < 1.29 is 4.79 Å². The Morgan fingerprint density at radius 3 is 2.67 bits per heavy atom. The van der Waals surface area contributed by atoms with Gasteiger partial charge < -0.3 is 10.2 Å². The summed E-state index contributed by atoms with van der Waals surface area (Å²) >= 11 is 0. The summed E-state index contributed by atoms with van der Waals surface area (Å²) in [5, 5.41) is 11.2. The Morgan fingerprint density at radius 1 is 1.39 bits per heavy atom. The van der Waals surface area contributed by atoms with Gasteiger partial charge in [-0.2, -0.15) is 5.10 Å². The number of aromatic nitrogens is 2. The molecule has 7 nitrogen and oxygen atoms in total. The van der Waals surface area contributed by atoms with Crippen molar-refractivity contribution in [2.24, 2.45) is 0 Å². The number of aromatic amines is 1. The number of hydrogen-bond acceptors (Lipinski definition) is 4. The van der Waals surface area contributed by atoms with Gasteiger partial charge >= 0.3 is 6.03 Å². The van der Waals surface area contributed by atoms with Crippen LogP contribution in [0.4, 0.5) is 10.6 Å². The maximum atomic E-state index is 11.5. The third kappa shape index (κ3) is 4.96. The minimum atomic E-state index is -0.332. The number of carbonyl (C=O) groups is 1. The molecule has 0 aliphatic rings. The van der Waals surface area contributed by atoms with Gasteiger partial charge in [-0.3, -0.25) is 10.1 Å². The van der Waals surface area contributed by atoms with E-state index in [9.17, 15) is 9.59 Å². The van der Waals surface area contributed by atoms with E-state index in [4.69, 9.17) is 0 Å². The summed E-state index contributed by atoms with van der Waals surface area (Å²) in [6, 6.07) is 2.42. The number of nitrogens with zero attached hydrogens (tertiary/aromatic N) is 2. The number of urea groups is 1. The Bertz CT molecular complexity index is 407. The monoisotopic (exact) mass is 253 g/mol. The van der Waals surface area contributed by atoms with Gasteiger partial charge in [-0.15, -0.1) is 0 Å². The summed E-state index contributed by atoms with van der Waals surface area (Å²) in [5.41, 5.74) is -0.303. The van der Waals surface area contributed by atoms with E-state index in [0.717, 1.165) is 19.6 Å². The SMILES string of the molecule is CCN(CC)CCNC(=O)Nc1ccc(=O)[nH]n1. The molecule has 3 N–H and O–H groups in total. The fraction of sp³-hybridized carbons (Fsp3) is 0.545. The van der Waals surface area contributed by atoms with Crippen LogP contribution in [0.25, 0.3) is 0 Å². The lowest BCUT2D eigenvalue weighted by Crippen LogP contribution is -2.37. The van der Waals surface area contributed by atoms with Gasteiger partial charge in [-0.05, 0) is 19.2 Å². The van der Waals surface area contributed by atoms with E-state index >= 15 is 0 Å². The highest BCUT2D eigenvalue weighted by atomic mass is 16.2. The number of anilines is 1. The topological polar surface area (TPSA) is 90.1 Å². The zero-order chi connectivity index (χ0) is 13.4. The standard InChI is InChI=1S/C11H19N5O2/c1-3-16(4-2)8-7-12-11(18)13-9-5-6-10(17)15-14-9/h5-6H,3-4,7-8H2,1-2H3,(H,15,17)(H2,12,13,14,18). The summed E-state index contributed by atoms with van der Waals surface area (Å²) in [6.07, 6.45) is 0. The molecule has 0 unspecified atom stereocenters. The number of rotatable bonds is 6. The van der Waals surface area contributed by atoms with Crippen LogP contribution in [0.3, 0.4) is 0 Å². The third-order valence-corrected chi connectivity index (χ3v) is 2.53. The van der Waals surface area contributed by atoms with Crippen LogP contribution >= 0.6 is 0 Å². The van der Waals surface area contributed by atoms with E-state index in [0.29, 0.717) is 12.4 Å². The Hall–Kier alpha value is -1.89. The van der Waals surface area contributed by atoms with Crippen LogP contribution in [0, 0.1) is 0 Å². The zero-order valence-corrected chi connectivity index (χ0v) is 10.7. The van der Waals surface area contributed by atoms with Crippen molar-refractivity contribution in [3.05, 3.63) is 22.5 Å².